The number of carbonyl (C=O) groups is 2. The standard InChI is InChI=1S/C25H20N2O6/c28-18-6-3-16(4-7-18)22-21(23(29)17-5-8-19-20(12-17)33-11-10-32-19)24(30)25(31)27(22)14-15-2-1-9-26-13-15/h1-9,12-13,22,28-29H,10-11,14H2. The van der Waals surface area contributed by atoms with Crippen LogP contribution in [0.25, 0.3) is 5.76 Å². The van der Waals surface area contributed by atoms with Gasteiger partial charge in [0.2, 0.25) is 0 Å². The second kappa shape index (κ2) is 8.31. The highest BCUT2D eigenvalue weighted by molar-refractivity contribution is 6.46. The summed E-state index contributed by atoms with van der Waals surface area (Å²) in [6.45, 7) is 0.931. The van der Waals surface area contributed by atoms with Crippen molar-refractivity contribution in [3.8, 4) is 17.2 Å². The molecule has 1 unspecified atom stereocenters. The zero-order valence-corrected chi connectivity index (χ0v) is 17.5. The lowest BCUT2D eigenvalue weighted by atomic mass is 9.95. The maximum Gasteiger partial charge on any atom is 0.295 e. The van der Waals surface area contributed by atoms with Gasteiger partial charge in [-0.05, 0) is 47.5 Å². The molecule has 166 valence electrons. The Kier molecular flexibility index (Phi) is 5.18. The Bertz CT molecular complexity index is 1250. The Morgan fingerprint density at radius 2 is 1.79 bits per heavy atom. The lowest BCUT2D eigenvalue weighted by molar-refractivity contribution is -0.140. The molecule has 2 N–H and O–H groups in total. The van der Waals surface area contributed by atoms with Crippen LogP contribution in [0.15, 0.2) is 72.6 Å². The van der Waals surface area contributed by atoms with E-state index in [0.29, 0.717) is 35.8 Å². The molecule has 8 heteroatoms. The molecule has 1 aromatic heterocycles. The number of phenols is 1. The van der Waals surface area contributed by atoms with Crippen LogP contribution >= 0.6 is 0 Å². The first kappa shape index (κ1) is 20.6. The summed E-state index contributed by atoms with van der Waals surface area (Å²) in [6, 6.07) is 13.8. The number of ether oxygens (including phenoxy) is 2. The summed E-state index contributed by atoms with van der Waals surface area (Å²) in [5, 5.41) is 20.9. The van der Waals surface area contributed by atoms with E-state index < -0.39 is 17.7 Å². The minimum absolute atomic E-state index is 0.0359. The highest BCUT2D eigenvalue weighted by Crippen LogP contribution is 2.42. The third-order valence-electron chi connectivity index (χ3n) is 5.64. The molecular weight excluding hydrogens is 424 g/mol. The van der Waals surface area contributed by atoms with Gasteiger partial charge < -0.3 is 24.6 Å². The molecule has 0 aliphatic carbocycles. The molecule has 2 aliphatic rings. The number of hydrogen-bond donors (Lipinski definition) is 2. The van der Waals surface area contributed by atoms with Crippen LogP contribution in [0.1, 0.15) is 22.7 Å². The van der Waals surface area contributed by atoms with Crippen LogP contribution in [0.5, 0.6) is 17.2 Å². The topological polar surface area (TPSA) is 109 Å². The van der Waals surface area contributed by atoms with Gasteiger partial charge in [0.15, 0.2) is 11.5 Å². The Hall–Kier alpha value is -4.33. The predicted octanol–water partition coefficient (Wildman–Crippen LogP) is 3.18. The lowest BCUT2D eigenvalue weighted by Gasteiger charge is -2.25. The minimum Gasteiger partial charge on any atom is -0.508 e. The minimum atomic E-state index is -0.848. The number of fused-ring (bicyclic) bond motifs is 1. The van der Waals surface area contributed by atoms with E-state index in [0.717, 1.165) is 5.56 Å². The molecule has 3 heterocycles. The number of carbonyl (C=O) groups excluding carboxylic acids is 2. The van der Waals surface area contributed by atoms with Gasteiger partial charge >= 0.3 is 0 Å². The Balaban J connectivity index is 1.63. The fourth-order valence-electron chi connectivity index (χ4n) is 4.08. The van der Waals surface area contributed by atoms with Gasteiger partial charge in [0.05, 0.1) is 11.6 Å². The number of hydrogen-bond acceptors (Lipinski definition) is 7. The van der Waals surface area contributed by atoms with Crippen LogP contribution in [0.4, 0.5) is 0 Å². The number of benzene rings is 2. The molecule has 2 aliphatic heterocycles. The quantitative estimate of drug-likeness (QED) is 0.361. The maximum absolute atomic E-state index is 13.1. The van der Waals surface area contributed by atoms with Crippen molar-refractivity contribution in [2.45, 2.75) is 12.6 Å². The molecule has 3 aromatic rings. The van der Waals surface area contributed by atoms with Gasteiger partial charge in [0.1, 0.15) is 24.7 Å². The number of aromatic hydroxyl groups is 1. The summed E-state index contributed by atoms with van der Waals surface area (Å²) in [7, 11) is 0. The monoisotopic (exact) mass is 444 g/mol. The van der Waals surface area contributed by atoms with Crippen molar-refractivity contribution in [2.75, 3.05) is 13.2 Å². The van der Waals surface area contributed by atoms with Gasteiger partial charge in [0.25, 0.3) is 11.7 Å². The van der Waals surface area contributed by atoms with E-state index in [-0.39, 0.29) is 23.6 Å². The summed E-state index contributed by atoms with van der Waals surface area (Å²) >= 11 is 0. The van der Waals surface area contributed by atoms with E-state index in [9.17, 15) is 19.8 Å². The summed E-state index contributed by atoms with van der Waals surface area (Å²) in [4.78, 5) is 31.7. The zero-order valence-electron chi connectivity index (χ0n) is 17.5. The molecule has 0 bridgehead atoms. The molecule has 1 fully saturated rings. The molecule has 0 saturated carbocycles. The number of aromatic nitrogens is 1. The van der Waals surface area contributed by atoms with Crippen molar-refractivity contribution >= 4 is 17.4 Å². The fraction of sp³-hybridized carbons (Fsp3) is 0.160. The highest BCUT2D eigenvalue weighted by atomic mass is 16.6. The van der Waals surface area contributed by atoms with E-state index in [2.05, 4.69) is 4.98 Å². The molecule has 2 aromatic carbocycles. The fourth-order valence-corrected chi connectivity index (χ4v) is 4.08. The summed E-state index contributed by atoms with van der Waals surface area (Å²) < 4.78 is 11.1. The normalized spacial score (nSPS) is 19.0. The van der Waals surface area contributed by atoms with E-state index in [1.807, 2.05) is 0 Å². The summed E-state index contributed by atoms with van der Waals surface area (Å²) in [6.07, 6.45) is 3.24. The molecule has 1 atom stereocenters. The largest absolute Gasteiger partial charge is 0.508 e. The Morgan fingerprint density at radius 3 is 2.52 bits per heavy atom. The molecule has 8 nitrogen and oxygen atoms in total. The van der Waals surface area contributed by atoms with Crippen molar-refractivity contribution in [3.63, 3.8) is 0 Å². The predicted molar refractivity (Wildman–Crippen MR) is 118 cm³/mol. The van der Waals surface area contributed by atoms with E-state index in [4.69, 9.17) is 9.47 Å². The lowest BCUT2D eigenvalue weighted by Crippen LogP contribution is -2.29. The van der Waals surface area contributed by atoms with Crippen molar-refractivity contribution < 1.29 is 29.3 Å². The van der Waals surface area contributed by atoms with Gasteiger partial charge in [-0.25, -0.2) is 0 Å². The Morgan fingerprint density at radius 1 is 1.03 bits per heavy atom. The number of aliphatic hydroxyl groups excluding tert-OH is 1. The van der Waals surface area contributed by atoms with Crippen LogP contribution < -0.4 is 9.47 Å². The highest BCUT2D eigenvalue weighted by Gasteiger charge is 2.46. The van der Waals surface area contributed by atoms with E-state index in [1.54, 1.807) is 54.9 Å². The van der Waals surface area contributed by atoms with Crippen molar-refractivity contribution in [1.82, 2.24) is 9.88 Å². The number of rotatable bonds is 4. The number of likely N-dealkylation sites (tertiary alicyclic amines) is 1. The third kappa shape index (κ3) is 3.76. The van der Waals surface area contributed by atoms with Gasteiger partial charge in [-0.3, -0.25) is 14.6 Å². The molecule has 1 amide bonds. The second-order valence-electron chi connectivity index (χ2n) is 7.74. The van der Waals surface area contributed by atoms with Crippen molar-refractivity contribution in [3.05, 3.63) is 89.3 Å². The number of amides is 1. The van der Waals surface area contributed by atoms with E-state index in [1.165, 1.54) is 17.0 Å². The van der Waals surface area contributed by atoms with Crippen LogP contribution in [0, 0.1) is 0 Å². The van der Waals surface area contributed by atoms with Gasteiger partial charge in [-0.15, -0.1) is 0 Å². The number of nitrogens with zero attached hydrogens (tertiary/aromatic N) is 2. The number of ketones is 1. The third-order valence-corrected chi connectivity index (χ3v) is 5.64. The second-order valence-corrected chi connectivity index (χ2v) is 7.74. The number of phenolic OH excluding ortho intramolecular Hbond substituents is 1. The van der Waals surface area contributed by atoms with Crippen LogP contribution in [0.2, 0.25) is 0 Å². The van der Waals surface area contributed by atoms with Gasteiger partial charge in [-0.2, -0.15) is 0 Å². The molecule has 0 radical (unpaired) electrons. The first-order valence-electron chi connectivity index (χ1n) is 10.4. The van der Waals surface area contributed by atoms with Crippen LogP contribution in [-0.4, -0.2) is 45.0 Å². The average molecular weight is 444 g/mol. The van der Waals surface area contributed by atoms with Crippen LogP contribution in [0.3, 0.4) is 0 Å². The molecule has 1 saturated heterocycles. The van der Waals surface area contributed by atoms with Gasteiger partial charge in [0, 0.05) is 24.5 Å². The number of Topliss-reactive ketones (excluding diaryl/α,β-unsaturated/α-hetero) is 1. The first-order chi connectivity index (χ1) is 16.0. The molecule has 33 heavy (non-hydrogen) atoms. The van der Waals surface area contributed by atoms with Gasteiger partial charge in [-0.1, -0.05) is 18.2 Å². The van der Waals surface area contributed by atoms with Crippen LogP contribution in [-0.2, 0) is 16.1 Å². The van der Waals surface area contributed by atoms with E-state index >= 15 is 0 Å². The zero-order chi connectivity index (χ0) is 22.9. The average Bonchev–Trinajstić information content (AvgIpc) is 3.09. The Labute approximate surface area is 189 Å². The number of pyridine rings is 1. The SMILES string of the molecule is O=C1C(=O)N(Cc2cccnc2)C(c2ccc(O)cc2)C1=C(O)c1ccc2c(c1)OCCO2. The summed E-state index contributed by atoms with van der Waals surface area (Å²) in [5.74, 6) is -0.770. The van der Waals surface area contributed by atoms with Crippen molar-refractivity contribution in [1.29, 1.82) is 0 Å². The maximum atomic E-state index is 13.1. The molecule has 0 spiro atoms. The molecule has 5 rings (SSSR count). The first-order valence-corrected chi connectivity index (χ1v) is 10.4. The number of aliphatic hydroxyl groups is 1. The summed E-state index contributed by atoms with van der Waals surface area (Å²) in [5.41, 5.74) is 1.62. The smallest absolute Gasteiger partial charge is 0.295 e. The molecular formula is C25H20N2O6. The van der Waals surface area contributed by atoms with Crippen molar-refractivity contribution in [2.24, 2.45) is 0 Å².